The molecule has 0 saturated heterocycles. The maximum absolute atomic E-state index is 12.7. The van der Waals surface area contributed by atoms with Gasteiger partial charge in [-0.3, -0.25) is 9.78 Å². The molecule has 3 rings (SSSR count). The summed E-state index contributed by atoms with van der Waals surface area (Å²) in [5, 5.41) is 4.56. The summed E-state index contributed by atoms with van der Waals surface area (Å²) in [6.07, 6.45) is 1.13. The SMILES string of the molecule is CCCOc1ccc(Cl)cc1NC(=O)Cc1c(C)nc2ccccc2c1C. The van der Waals surface area contributed by atoms with Gasteiger partial charge < -0.3 is 10.1 Å². The molecule has 0 radical (unpaired) electrons. The van der Waals surface area contributed by atoms with Crippen molar-refractivity contribution in [2.24, 2.45) is 0 Å². The molecule has 0 fully saturated rings. The number of halogens is 1. The number of rotatable bonds is 6. The van der Waals surface area contributed by atoms with Crippen LogP contribution in [0.25, 0.3) is 10.9 Å². The second-order valence-electron chi connectivity index (χ2n) is 6.53. The molecule has 0 spiro atoms. The number of hydrogen-bond acceptors (Lipinski definition) is 3. The molecule has 5 heteroatoms. The van der Waals surface area contributed by atoms with Crippen molar-refractivity contribution >= 4 is 34.1 Å². The molecule has 0 atom stereocenters. The van der Waals surface area contributed by atoms with Crippen molar-refractivity contribution in [3.05, 3.63) is 64.3 Å². The Morgan fingerprint density at radius 2 is 1.96 bits per heavy atom. The van der Waals surface area contributed by atoms with Gasteiger partial charge in [0.2, 0.25) is 5.91 Å². The Bertz CT molecular complexity index is 985. The number of nitrogens with zero attached hydrogens (tertiary/aromatic N) is 1. The molecule has 1 N–H and O–H groups in total. The second-order valence-corrected chi connectivity index (χ2v) is 6.97. The van der Waals surface area contributed by atoms with Crippen molar-refractivity contribution in [2.45, 2.75) is 33.6 Å². The van der Waals surface area contributed by atoms with Crippen LogP contribution in [-0.4, -0.2) is 17.5 Å². The quantitative estimate of drug-likeness (QED) is 0.614. The molecule has 1 amide bonds. The number of fused-ring (bicyclic) bond motifs is 1. The molecule has 0 aliphatic carbocycles. The lowest BCUT2D eigenvalue weighted by Gasteiger charge is -2.15. The van der Waals surface area contributed by atoms with Gasteiger partial charge >= 0.3 is 0 Å². The van der Waals surface area contributed by atoms with E-state index in [1.54, 1.807) is 18.2 Å². The Morgan fingerprint density at radius 1 is 1.19 bits per heavy atom. The maximum Gasteiger partial charge on any atom is 0.228 e. The fourth-order valence-electron chi connectivity index (χ4n) is 3.12. The topological polar surface area (TPSA) is 51.2 Å². The largest absolute Gasteiger partial charge is 0.491 e. The average Bonchev–Trinajstić information content (AvgIpc) is 2.64. The summed E-state index contributed by atoms with van der Waals surface area (Å²) in [7, 11) is 0. The summed E-state index contributed by atoms with van der Waals surface area (Å²) in [5.41, 5.74) is 4.44. The predicted octanol–water partition coefficient (Wildman–Crippen LogP) is 5.48. The van der Waals surface area contributed by atoms with Gasteiger partial charge in [0.25, 0.3) is 0 Å². The summed E-state index contributed by atoms with van der Waals surface area (Å²) in [5.74, 6) is 0.501. The number of aromatic nitrogens is 1. The minimum absolute atomic E-state index is 0.123. The van der Waals surface area contributed by atoms with Crippen LogP contribution in [0.15, 0.2) is 42.5 Å². The van der Waals surface area contributed by atoms with Crippen LogP contribution < -0.4 is 10.1 Å². The van der Waals surface area contributed by atoms with Crippen LogP contribution in [0.2, 0.25) is 5.02 Å². The molecule has 0 bridgehead atoms. The minimum Gasteiger partial charge on any atom is -0.491 e. The Labute approximate surface area is 164 Å². The summed E-state index contributed by atoms with van der Waals surface area (Å²) < 4.78 is 5.71. The lowest BCUT2D eigenvalue weighted by atomic mass is 9.99. The van der Waals surface area contributed by atoms with Gasteiger partial charge in [0.15, 0.2) is 0 Å². The van der Waals surface area contributed by atoms with Crippen molar-refractivity contribution in [3.8, 4) is 5.75 Å². The van der Waals surface area contributed by atoms with Gasteiger partial charge in [0, 0.05) is 16.1 Å². The van der Waals surface area contributed by atoms with Gasteiger partial charge in [-0.1, -0.05) is 36.7 Å². The van der Waals surface area contributed by atoms with E-state index < -0.39 is 0 Å². The fourth-order valence-corrected chi connectivity index (χ4v) is 3.30. The average molecular weight is 383 g/mol. The third-order valence-electron chi connectivity index (χ3n) is 4.50. The monoisotopic (exact) mass is 382 g/mol. The van der Waals surface area contributed by atoms with E-state index in [1.165, 1.54) is 0 Å². The highest BCUT2D eigenvalue weighted by atomic mass is 35.5. The number of carbonyl (C=O) groups is 1. The van der Waals surface area contributed by atoms with Gasteiger partial charge in [-0.2, -0.15) is 0 Å². The molecule has 3 aromatic rings. The molecule has 2 aromatic carbocycles. The number of carbonyl (C=O) groups excluding carboxylic acids is 1. The lowest BCUT2D eigenvalue weighted by molar-refractivity contribution is -0.115. The number of para-hydroxylation sites is 1. The number of aryl methyl sites for hydroxylation is 2. The van der Waals surface area contributed by atoms with E-state index in [9.17, 15) is 4.79 Å². The maximum atomic E-state index is 12.7. The van der Waals surface area contributed by atoms with Crippen molar-refractivity contribution in [1.29, 1.82) is 0 Å². The van der Waals surface area contributed by atoms with Gasteiger partial charge in [-0.25, -0.2) is 0 Å². The number of amides is 1. The van der Waals surface area contributed by atoms with E-state index in [4.69, 9.17) is 16.3 Å². The fraction of sp³-hybridized carbons (Fsp3) is 0.273. The van der Waals surface area contributed by atoms with Crippen molar-refractivity contribution in [1.82, 2.24) is 4.98 Å². The molecule has 0 aliphatic rings. The van der Waals surface area contributed by atoms with Crippen LogP contribution in [0.5, 0.6) is 5.75 Å². The molecular weight excluding hydrogens is 360 g/mol. The third-order valence-corrected chi connectivity index (χ3v) is 4.74. The van der Waals surface area contributed by atoms with Gasteiger partial charge in [-0.15, -0.1) is 0 Å². The Hall–Kier alpha value is -2.59. The number of hydrogen-bond donors (Lipinski definition) is 1. The van der Waals surface area contributed by atoms with E-state index in [0.717, 1.165) is 34.1 Å². The molecular formula is C22H23ClN2O2. The smallest absolute Gasteiger partial charge is 0.228 e. The number of benzene rings is 2. The molecule has 0 unspecified atom stereocenters. The van der Waals surface area contributed by atoms with Crippen LogP contribution in [0, 0.1) is 13.8 Å². The highest BCUT2D eigenvalue weighted by Gasteiger charge is 2.15. The zero-order chi connectivity index (χ0) is 19.4. The molecule has 27 heavy (non-hydrogen) atoms. The van der Waals surface area contributed by atoms with Crippen molar-refractivity contribution in [3.63, 3.8) is 0 Å². The first-order valence-electron chi connectivity index (χ1n) is 9.06. The van der Waals surface area contributed by atoms with E-state index in [-0.39, 0.29) is 12.3 Å². The van der Waals surface area contributed by atoms with Gasteiger partial charge in [0.1, 0.15) is 5.75 Å². The number of anilines is 1. The first-order chi connectivity index (χ1) is 13.0. The summed E-state index contributed by atoms with van der Waals surface area (Å²) in [4.78, 5) is 17.4. The zero-order valence-corrected chi connectivity index (χ0v) is 16.6. The van der Waals surface area contributed by atoms with Crippen LogP contribution in [0.4, 0.5) is 5.69 Å². The molecule has 1 heterocycles. The molecule has 0 aliphatic heterocycles. The lowest BCUT2D eigenvalue weighted by Crippen LogP contribution is -2.17. The van der Waals surface area contributed by atoms with E-state index in [1.807, 2.05) is 45.0 Å². The summed E-state index contributed by atoms with van der Waals surface area (Å²) >= 11 is 6.09. The highest BCUT2D eigenvalue weighted by Crippen LogP contribution is 2.29. The molecule has 140 valence electrons. The van der Waals surface area contributed by atoms with Crippen LogP contribution >= 0.6 is 11.6 Å². The summed E-state index contributed by atoms with van der Waals surface area (Å²) in [6, 6.07) is 13.2. The standard InChI is InChI=1S/C22H23ClN2O2/c1-4-11-27-21-10-9-16(23)12-20(21)25-22(26)13-18-14(2)17-7-5-6-8-19(17)24-15(18)3/h5-10,12H,4,11,13H2,1-3H3,(H,25,26). The Morgan fingerprint density at radius 3 is 2.74 bits per heavy atom. The van der Waals surface area contributed by atoms with E-state index in [2.05, 4.69) is 10.3 Å². The predicted molar refractivity (Wildman–Crippen MR) is 111 cm³/mol. The minimum atomic E-state index is -0.123. The van der Waals surface area contributed by atoms with Crippen LogP contribution in [0.3, 0.4) is 0 Å². The van der Waals surface area contributed by atoms with Gasteiger partial charge in [0.05, 0.1) is 24.2 Å². The van der Waals surface area contributed by atoms with Gasteiger partial charge in [-0.05, 0) is 55.7 Å². The van der Waals surface area contributed by atoms with Crippen LogP contribution in [-0.2, 0) is 11.2 Å². The van der Waals surface area contributed by atoms with E-state index >= 15 is 0 Å². The first-order valence-corrected chi connectivity index (χ1v) is 9.44. The number of pyridine rings is 1. The summed E-state index contributed by atoms with van der Waals surface area (Å²) in [6.45, 7) is 6.59. The second kappa shape index (κ2) is 8.40. The molecule has 1 aromatic heterocycles. The van der Waals surface area contributed by atoms with Crippen molar-refractivity contribution < 1.29 is 9.53 Å². The Kier molecular flexibility index (Phi) is 5.97. The number of nitrogens with one attached hydrogen (secondary N) is 1. The highest BCUT2D eigenvalue weighted by molar-refractivity contribution is 6.31. The first kappa shape index (κ1) is 19.2. The van der Waals surface area contributed by atoms with Crippen molar-refractivity contribution in [2.75, 3.05) is 11.9 Å². The van der Waals surface area contributed by atoms with E-state index in [0.29, 0.717) is 23.1 Å². The normalized spacial score (nSPS) is 10.8. The zero-order valence-electron chi connectivity index (χ0n) is 15.8. The molecule has 4 nitrogen and oxygen atoms in total. The molecule has 0 saturated carbocycles. The van der Waals surface area contributed by atoms with Crippen LogP contribution in [0.1, 0.15) is 30.2 Å². The Balaban J connectivity index is 1.85. The number of ether oxygens (including phenoxy) is 1. The third kappa shape index (κ3) is 4.40.